The average molecular weight is 583 g/mol. The summed E-state index contributed by atoms with van der Waals surface area (Å²) in [5.74, 6) is 0.380. The van der Waals surface area contributed by atoms with Crippen LogP contribution in [-0.2, 0) is 17.8 Å². The van der Waals surface area contributed by atoms with Gasteiger partial charge in [-0.1, -0.05) is 18.2 Å². The van der Waals surface area contributed by atoms with E-state index in [1.54, 1.807) is 33.4 Å². The Balaban J connectivity index is 1.13. The smallest absolute Gasteiger partial charge is 0.264 e. The van der Waals surface area contributed by atoms with Crippen LogP contribution in [0.3, 0.4) is 0 Å². The number of ether oxygens (including phenoxy) is 1. The van der Waals surface area contributed by atoms with Gasteiger partial charge in [0.1, 0.15) is 11.6 Å². The molecule has 5 rings (SSSR count). The van der Waals surface area contributed by atoms with E-state index >= 15 is 0 Å². The largest absolute Gasteiger partial charge is 0.494 e. The third kappa shape index (κ3) is 7.27. The lowest BCUT2D eigenvalue weighted by molar-refractivity contribution is -0.131. The molecule has 1 amide bonds. The van der Waals surface area contributed by atoms with Gasteiger partial charge in [0.15, 0.2) is 5.16 Å². The van der Waals surface area contributed by atoms with Gasteiger partial charge in [0, 0.05) is 23.1 Å². The summed E-state index contributed by atoms with van der Waals surface area (Å²) in [6.07, 6.45) is 6.85. The number of benzene rings is 2. The number of nitrogens with one attached hydrogen (secondary N) is 1. The lowest BCUT2D eigenvalue weighted by Crippen LogP contribution is -2.44. The third-order valence-corrected chi connectivity index (χ3v) is 8.93. The monoisotopic (exact) mass is 582 g/mol. The lowest BCUT2D eigenvalue weighted by Gasteiger charge is -2.30. The first-order valence-electron chi connectivity index (χ1n) is 14.0. The summed E-state index contributed by atoms with van der Waals surface area (Å²) in [5, 5.41) is 4.48. The van der Waals surface area contributed by atoms with Gasteiger partial charge < -0.3 is 15.0 Å². The molecular formula is C30H35FN4O3S2. The molecule has 1 aromatic heterocycles. The van der Waals surface area contributed by atoms with Gasteiger partial charge in [-0.3, -0.25) is 14.2 Å². The molecule has 1 fully saturated rings. The number of thiol groups is 1. The van der Waals surface area contributed by atoms with Crippen molar-refractivity contribution in [3.63, 3.8) is 0 Å². The average Bonchev–Trinajstić information content (AvgIpc) is 2.93. The van der Waals surface area contributed by atoms with Crippen LogP contribution in [0, 0.1) is 5.82 Å². The van der Waals surface area contributed by atoms with Crippen molar-refractivity contribution < 1.29 is 13.9 Å². The number of carbonyl (C=O) groups excluding carboxylic acids is 1. The van der Waals surface area contributed by atoms with Crippen LogP contribution in [0.5, 0.6) is 5.75 Å². The Hall–Kier alpha value is -2.82. The molecule has 1 saturated carbocycles. The second-order valence-corrected chi connectivity index (χ2v) is 12.0. The Bertz CT molecular complexity index is 1360. The maximum atomic E-state index is 13.8. The number of aromatic nitrogens is 2. The minimum absolute atomic E-state index is 0.0106. The van der Waals surface area contributed by atoms with Crippen LogP contribution >= 0.6 is 24.4 Å². The predicted octanol–water partition coefficient (Wildman–Crippen LogP) is 5.03. The summed E-state index contributed by atoms with van der Waals surface area (Å²) in [6.45, 7) is 2.38. The normalized spacial score (nSPS) is 15.0. The van der Waals surface area contributed by atoms with E-state index in [2.05, 4.69) is 17.9 Å². The van der Waals surface area contributed by atoms with E-state index in [4.69, 9.17) is 9.72 Å². The Labute approximate surface area is 243 Å². The molecule has 40 heavy (non-hydrogen) atoms. The van der Waals surface area contributed by atoms with Gasteiger partial charge in [-0.2, -0.15) is 0 Å². The summed E-state index contributed by atoms with van der Waals surface area (Å²) in [5.41, 5.74) is 2.10. The van der Waals surface area contributed by atoms with Gasteiger partial charge in [0.25, 0.3) is 5.56 Å². The number of fused-ring (bicyclic) bond motifs is 1. The second-order valence-electron chi connectivity index (χ2n) is 10.3. The fourth-order valence-electron chi connectivity index (χ4n) is 4.77. The number of halogens is 1. The molecule has 2 aliphatic rings. The maximum Gasteiger partial charge on any atom is 0.264 e. The van der Waals surface area contributed by atoms with Crippen molar-refractivity contribution in [2.24, 2.45) is 0 Å². The molecule has 7 nitrogen and oxygen atoms in total. The minimum Gasteiger partial charge on any atom is -0.494 e. The van der Waals surface area contributed by atoms with E-state index in [-0.39, 0.29) is 30.4 Å². The van der Waals surface area contributed by atoms with Crippen molar-refractivity contribution in [2.45, 2.75) is 66.8 Å². The third-order valence-electron chi connectivity index (χ3n) is 7.34. The Kier molecular flexibility index (Phi) is 9.83. The Morgan fingerprint density at radius 3 is 2.60 bits per heavy atom. The molecule has 0 saturated heterocycles. The number of hydrogen-bond acceptors (Lipinski definition) is 7. The number of carbonyl (C=O) groups is 1. The quantitative estimate of drug-likeness (QED) is 0.177. The zero-order valence-electron chi connectivity index (χ0n) is 22.5. The van der Waals surface area contributed by atoms with Crippen molar-refractivity contribution in [2.75, 3.05) is 26.2 Å². The standard InChI is InChI=1S/C30H35FN4O3S2/c31-21-7-11-23(12-8-21)38-18-3-1-2-16-32-19-28(36)34-17-15-27-26(20-34)29(37)35(22-9-13-24(39)14-10-22)30(33-27)40-25-5-4-6-25/h7-14,25,32,39H,1-6,15-20H2. The molecule has 2 aromatic carbocycles. The van der Waals surface area contributed by atoms with Gasteiger partial charge >= 0.3 is 0 Å². The van der Waals surface area contributed by atoms with Crippen molar-refractivity contribution in [3.8, 4) is 11.4 Å². The summed E-state index contributed by atoms with van der Waals surface area (Å²) < 4.78 is 20.3. The summed E-state index contributed by atoms with van der Waals surface area (Å²) in [7, 11) is 0. The number of amides is 1. The molecular weight excluding hydrogens is 547 g/mol. The molecule has 0 radical (unpaired) electrons. The fraction of sp³-hybridized carbons (Fsp3) is 0.433. The van der Waals surface area contributed by atoms with Crippen molar-refractivity contribution in [1.29, 1.82) is 0 Å². The molecule has 0 bridgehead atoms. The highest BCUT2D eigenvalue weighted by atomic mass is 32.2. The van der Waals surface area contributed by atoms with E-state index in [9.17, 15) is 14.0 Å². The molecule has 212 valence electrons. The van der Waals surface area contributed by atoms with Crippen LogP contribution < -0.4 is 15.6 Å². The molecule has 0 atom stereocenters. The highest BCUT2D eigenvalue weighted by molar-refractivity contribution is 7.99. The van der Waals surface area contributed by atoms with Crippen LogP contribution in [0.2, 0.25) is 0 Å². The molecule has 10 heteroatoms. The Morgan fingerprint density at radius 2 is 1.88 bits per heavy atom. The van der Waals surface area contributed by atoms with Gasteiger partial charge in [-0.25, -0.2) is 9.37 Å². The van der Waals surface area contributed by atoms with Crippen LogP contribution in [0.25, 0.3) is 5.69 Å². The van der Waals surface area contributed by atoms with Gasteiger partial charge in [0.2, 0.25) is 5.91 Å². The van der Waals surface area contributed by atoms with Gasteiger partial charge in [-0.15, -0.1) is 12.6 Å². The van der Waals surface area contributed by atoms with E-state index < -0.39 is 0 Å². The molecule has 1 aliphatic heterocycles. The predicted molar refractivity (Wildman–Crippen MR) is 158 cm³/mol. The second kappa shape index (κ2) is 13.7. The topological polar surface area (TPSA) is 76.5 Å². The highest BCUT2D eigenvalue weighted by Gasteiger charge is 2.28. The number of hydrogen-bond donors (Lipinski definition) is 2. The van der Waals surface area contributed by atoms with Gasteiger partial charge in [-0.05, 0) is 87.2 Å². The first-order chi connectivity index (χ1) is 19.5. The lowest BCUT2D eigenvalue weighted by atomic mass is 10.0. The summed E-state index contributed by atoms with van der Waals surface area (Å²) >= 11 is 6.08. The maximum absolute atomic E-state index is 13.8. The van der Waals surface area contributed by atoms with Crippen LogP contribution in [-0.4, -0.2) is 51.8 Å². The summed E-state index contributed by atoms with van der Waals surface area (Å²) in [4.78, 5) is 34.3. The zero-order valence-corrected chi connectivity index (χ0v) is 24.2. The molecule has 2 heterocycles. The molecule has 3 aromatic rings. The zero-order chi connectivity index (χ0) is 27.9. The summed E-state index contributed by atoms with van der Waals surface area (Å²) in [6, 6.07) is 13.6. The van der Waals surface area contributed by atoms with E-state index in [1.165, 1.54) is 18.6 Å². The number of rotatable bonds is 12. The van der Waals surface area contributed by atoms with Crippen LogP contribution in [0.1, 0.15) is 49.8 Å². The fourth-order valence-corrected chi connectivity index (χ4v) is 6.24. The van der Waals surface area contributed by atoms with E-state index in [0.717, 1.165) is 60.1 Å². The van der Waals surface area contributed by atoms with Crippen molar-refractivity contribution in [1.82, 2.24) is 19.8 Å². The number of unbranched alkanes of at least 4 members (excludes halogenated alkanes) is 2. The van der Waals surface area contributed by atoms with Crippen LogP contribution in [0.4, 0.5) is 4.39 Å². The van der Waals surface area contributed by atoms with E-state index in [1.807, 2.05) is 24.3 Å². The van der Waals surface area contributed by atoms with Crippen molar-refractivity contribution >= 4 is 30.3 Å². The highest BCUT2D eigenvalue weighted by Crippen LogP contribution is 2.36. The number of thioether (sulfide) groups is 1. The Morgan fingerprint density at radius 1 is 1.10 bits per heavy atom. The van der Waals surface area contributed by atoms with Gasteiger partial charge in [0.05, 0.1) is 36.6 Å². The minimum atomic E-state index is -0.275. The first kappa shape index (κ1) is 28.7. The molecule has 0 spiro atoms. The van der Waals surface area contributed by atoms with E-state index in [0.29, 0.717) is 36.1 Å². The number of nitrogens with zero attached hydrogens (tertiary/aromatic N) is 3. The molecule has 1 aliphatic carbocycles. The molecule has 1 N–H and O–H groups in total. The first-order valence-corrected chi connectivity index (χ1v) is 15.3. The SMILES string of the molecule is O=C(CNCCCCCOc1ccc(F)cc1)N1CCc2nc(SC3CCC3)n(-c3ccc(S)cc3)c(=O)c2C1. The van der Waals surface area contributed by atoms with Crippen LogP contribution in [0.15, 0.2) is 63.4 Å². The molecule has 0 unspecified atom stereocenters. The van der Waals surface area contributed by atoms with Crippen molar-refractivity contribution in [3.05, 3.63) is 76.0 Å².